The van der Waals surface area contributed by atoms with Crippen LogP contribution in [0.3, 0.4) is 0 Å². The molecule has 0 aliphatic carbocycles. The number of carbonyl (C=O) groups excluding carboxylic acids is 2. The van der Waals surface area contributed by atoms with E-state index in [4.69, 9.17) is 9.47 Å². The topological polar surface area (TPSA) is 119 Å². The number of hydrogen-bond donors (Lipinski definition) is 1. The number of ether oxygens (including phenoxy) is 2. The van der Waals surface area contributed by atoms with Gasteiger partial charge in [0, 0.05) is 38.0 Å². The minimum absolute atomic E-state index is 0.0606. The fourth-order valence-corrected chi connectivity index (χ4v) is 3.79. The van der Waals surface area contributed by atoms with Gasteiger partial charge in [0.15, 0.2) is 0 Å². The molecule has 1 aliphatic heterocycles. The lowest BCUT2D eigenvalue weighted by atomic mass is 9.93. The molecule has 32 heavy (non-hydrogen) atoms. The van der Waals surface area contributed by atoms with E-state index in [9.17, 15) is 24.8 Å². The van der Waals surface area contributed by atoms with Gasteiger partial charge in [-0.15, -0.1) is 0 Å². The second-order valence-electron chi connectivity index (χ2n) is 7.37. The number of nitro groups is 1. The minimum atomic E-state index is -0.880. The number of hydrogen-bond acceptors (Lipinski definition) is 7. The van der Waals surface area contributed by atoms with Crippen LogP contribution in [0.2, 0.25) is 0 Å². The smallest absolute Gasteiger partial charge is 0.295 e. The molecular weight excluding hydrogens is 416 g/mol. The lowest BCUT2D eigenvalue weighted by molar-refractivity contribution is -0.384. The molecule has 1 atom stereocenters. The van der Waals surface area contributed by atoms with Crippen molar-refractivity contribution in [3.8, 4) is 5.75 Å². The molecule has 1 amide bonds. The Morgan fingerprint density at radius 2 is 1.84 bits per heavy atom. The van der Waals surface area contributed by atoms with Crippen LogP contribution >= 0.6 is 0 Å². The molecule has 0 saturated carbocycles. The number of aliphatic hydroxyl groups is 1. The lowest BCUT2D eigenvalue weighted by Crippen LogP contribution is -2.31. The van der Waals surface area contributed by atoms with Crippen LogP contribution in [0.25, 0.3) is 5.76 Å². The van der Waals surface area contributed by atoms with Gasteiger partial charge in [-0.25, -0.2) is 0 Å². The van der Waals surface area contributed by atoms with Crippen LogP contribution in [0.1, 0.15) is 29.2 Å². The summed E-state index contributed by atoms with van der Waals surface area (Å²) in [6.07, 6.45) is 0.481. The molecule has 1 saturated heterocycles. The van der Waals surface area contributed by atoms with Gasteiger partial charge in [-0.05, 0) is 54.8 Å². The van der Waals surface area contributed by atoms with Crippen LogP contribution in [-0.4, -0.2) is 54.0 Å². The molecule has 1 heterocycles. The van der Waals surface area contributed by atoms with E-state index in [1.807, 2.05) is 0 Å². The predicted molar refractivity (Wildman–Crippen MR) is 116 cm³/mol. The van der Waals surface area contributed by atoms with Crippen LogP contribution in [0.5, 0.6) is 5.75 Å². The van der Waals surface area contributed by atoms with E-state index in [0.29, 0.717) is 35.5 Å². The average molecular weight is 440 g/mol. The van der Waals surface area contributed by atoms with Crippen LogP contribution in [0, 0.1) is 17.0 Å². The number of aryl methyl sites for hydroxylation is 1. The summed E-state index contributed by atoms with van der Waals surface area (Å²) in [7, 11) is 3.06. The number of nitrogens with zero attached hydrogens (tertiary/aromatic N) is 2. The standard InChI is InChI=1S/C23H24N2O7/c1-14-13-17(32-3)9-10-18(14)21(26)19-20(15-5-7-16(8-6-15)25(29)30)24(11-4-12-31-2)23(28)22(19)27/h5-10,13,20,26H,4,11-12H2,1-3H3/b21-19+/t20-/m1/s1. The first kappa shape index (κ1) is 23.0. The summed E-state index contributed by atoms with van der Waals surface area (Å²) in [5, 5.41) is 22.2. The summed E-state index contributed by atoms with van der Waals surface area (Å²) in [5.41, 5.74) is 1.37. The summed E-state index contributed by atoms with van der Waals surface area (Å²) in [6.45, 7) is 2.36. The largest absolute Gasteiger partial charge is 0.507 e. The Labute approximate surface area is 185 Å². The number of methoxy groups -OCH3 is 2. The van der Waals surface area contributed by atoms with Gasteiger partial charge < -0.3 is 19.5 Å². The average Bonchev–Trinajstić information content (AvgIpc) is 3.03. The molecule has 168 valence electrons. The normalized spacial score (nSPS) is 17.6. The summed E-state index contributed by atoms with van der Waals surface area (Å²) in [5.74, 6) is -1.26. The Bertz CT molecular complexity index is 1080. The van der Waals surface area contributed by atoms with Crippen molar-refractivity contribution in [3.05, 3.63) is 74.8 Å². The molecule has 2 aromatic rings. The van der Waals surface area contributed by atoms with Gasteiger partial charge in [0.2, 0.25) is 0 Å². The predicted octanol–water partition coefficient (Wildman–Crippen LogP) is 3.37. The fraction of sp³-hybridized carbons (Fsp3) is 0.304. The zero-order valence-electron chi connectivity index (χ0n) is 18.0. The molecule has 0 spiro atoms. The molecule has 1 fully saturated rings. The Kier molecular flexibility index (Phi) is 6.89. The van der Waals surface area contributed by atoms with Gasteiger partial charge in [-0.3, -0.25) is 19.7 Å². The van der Waals surface area contributed by atoms with Crippen molar-refractivity contribution in [2.24, 2.45) is 0 Å². The van der Waals surface area contributed by atoms with E-state index < -0.39 is 22.7 Å². The first-order valence-electron chi connectivity index (χ1n) is 9.96. The monoisotopic (exact) mass is 440 g/mol. The number of nitro benzene ring substituents is 1. The van der Waals surface area contributed by atoms with Crippen LogP contribution in [-0.2, 0) is 14.3 Å². The zero-order valence-corrected chi connectivity index (χ0v) is 18.0. The van der Waals surface area contributed by atoms with Gasteiger partial charge in [0.25, 0.3) is 17.4 Å². The quantitative estimate of drug-likeness (QED) is 0.167. The molecule has 3 rings (SSSR count). The maximum atomic E-state index is 13.0. The third-order valence-electron chi connectivity index (χ3n) is 5.40. The molecule has 0 aromatic heterocycles. The fourth-order valence-electron chi connectivity index (χ4n) is 3.79. The van der Waals surface area contributed by atoms with Crippen molar-refractivity contribution in [1.29, 1.82) is 0 Å². The van der Waals surface area contributed by atoms with Crippen molar-refractivity contribution in [2.45, 2.75) is 19.4 Å². The third-order valence-corrected chi connectivity index (χ3v) is 5.40. The van der Waals surface area contributed by atoms with E-state index in [-0.39, 0.29) is 23.6 Å². The van der Waals surface area contributed by atoms with E-state index in [2.05, 4.69) is 0 Å². The highest BCUT2D eigenvalue weighted by Gasteiger charge is 2.46. The number of likely N-dealkylation sites (tertiary alicyclic amines) is 1. The van der Waals surface area contributed by atoms with Crippen LogP contribution < -0.4 is 4.74 Å². The molecular formula is C23H24N2O7. The molecule has 0 radical (unpaired) electrons. The summed E-state index contributed by atoms with van der Waals surface area (Å²) in [4.78, 5) is 37.7. The second kappa shape index (κ2) is 9.61. The molecule has 0 bridgehead atoms. The molecule has 1 aliphatic rings. The summed E-state index contributed by atoms with van der Waals surface area (Å²) in [6, 6.07) is 9.70. The maximum Gasteiger partial charge on any atom is 0.295 e. The molecule has 1 N–H and O–H groups in total. The van der Waals surface area contributed by atoms with Gasteiger partial charge in [-0.1, -0.05) is 0 Å². The van der Waals surface area contributed by atoms with E-state index >= 15 is 0 Å². The van der Waals surface area contributed by atoms with E-state index in [1.165, 1.54) is 43.4 Å². The molecule has 2 aromatic carbocycles. The van der Waals surface area contributed by atoms with Crippen molar-refractivity contribution >= 4 is 23.1 Å². The highest BCUT2D eigenvalue weighted by Crippen LogP contribution is 2.40. The van der Waals surface area contributed by atoms with Crippen molar-refractivity contribution in [1.82, 2.24) is 4.90 Å². The summed E-state index contributed by atoms with van der Waals surface area (Å²) >= 11 is 0. The van der Waals surface area contributed by atoms with Crippen molar-refractivity contribution in [2.75, 3.05) is 27.4 Å². The van der Waals surface area contributed by atoms with Crippen LogP contribution in [0.15, 0.2) is 48.0 Å². The zero-order chi connectivity index (χ0) is 23.4. The van der Waals surface area contributed by atoms with Crippen LogP contribution in [0.4, 0.5) is 5.69 Å². The SMILES string of the molecule is COCCCN1C(=O)C(=O)/C(=C(/O)c2ccc(OC)cc2C)[C@H]1c1ccc([N+](=O)[O-])cc1. The highest BCUT2D eigenvalue weighted by molar-refractivity contribution is 6.46. The van der Waals surface area contributed by atoms with E-state index in [1.54, 1.807) is 25.1 Å². The van der Waals surface area contributed by atoms with Crippen molar-refractivity contribution < 1.29 is 29.1 Å². The maximum absolute atomic E-state index is 13.0. The number of benzene rings is 2. The third kappa shape index (κ3) is 4.33. The van der Waals surface area contributed by atoms with Gasteiger partial charge in [0.1, 0.15) is 11.5 Å². The van der Waals surface area contributed by atoms with Gasteiger partial charge in [-0.2, -0.15) is 0 Å². The number of carbonyl (C=O) groups is 2. The Hall–Kier alpha value is -3.72. The first-order chi connectivity index (χ1) is 15.3. The molecule has 9 nitrogen and oxygen atoms in total. The summed E-state index contributed by atoms with van der Waals surface area (Å²) < 4.78 is 10.2. The van der Waals surface area contributed by atoms with Gasteiger partial charge in [0.05, 0.1) is 23.6 Å². The van der Waals surface area contributed by atoms with Crippen molar-refractivity contribution in [3.63, 3.8) is 0 Å². The molecule has 0 unspecified atom stereocenters. The Morgan fingerprint density at radius 3 is 2.41 bits per heavy atom. The number of Topliss-reactive ketones (excluding diaryl/α,β-unsaturated/α-hetero) is 1. The lowest BCUT2D eigenvalue weighted by Gasteiger charge is -2.25. The van der Waals surface area contributed by atoms with E-state index in [0.717, 1.165) is 0 Å². The highest BCUT2D eigenvalue weighted by atomic mass is 16.6. The first-order valence-corrected chi connectivity index (χ1v) is 9.96. The molecule has 9 heteroatoms. The number of non-ortho nitro benzene ring substituents is 1. The second-order valence-corrected chi connectivity index (χ2v) is 7.37. The Morgan fingerprint density at radius 1 is 1.16 bits per heavy atom. The number of amides is 1. The number of rotatable bonds is 8. The number of ketones is 1. The number of aliphatic hydroxyl groups excluding tert-OH is 1. The minimum Gasteiger partial charge on any atom is -0.507 e. The Balaban J connectivity index is 2.14. The van der Waals surface area contributed by atoms with Gasteiger partial charge >= 0.3 is 0 Å².